The van der Waals surface area contributed by atoms with Crippen molar-refractivity contribution in [1.82, 2.24) is 5.16 Å². The summed E-state index contributed by atoms with van der Waals surface area (Å²) in [5.41, 5.74) is 2.90. The lowest BCUT2D eigenvalue weighted by atomic mass is 10.2. The third kappa shape index (κ3) is 2.76. The molecule has 0 aliphatic carbocycles. The second kappa shape index (κ2) is 5.14. The van der Waals surface area contributed by atoms with Gasteiger partial charge in [0.1, 0.15) is 5.76 Å². The van der Waals surface area contributed by atoms with Gasteiger partial charge in [-0.2, -0.15) is 0 Å². The lowest BCUT2D eigenvalue weighted by Crippen LogP contribution is -2.14. The molecule has 0 fully saturated rings. The summed E-state index contributed by atoms with van der Waals surface area (Å²) < 4.78 is 4.99. The van der Waals surface area contributed by atoms with Crippen LogP contribution in [0.3, 0.4) is 0 Å². The number of hydrogen-bond acceptors (Lipinski definition) is 4. The molecule has 0 radical (unpaired) electrons. The summed E-state index contributed by atoms with van der Waals surface area (Å²) in [6.07, 6.45) is 0. The average Bonchev–Trinajstić information content (AvgIpc) is 2.70. The summed E-state index contributed by atoms with van der Waals surface area (Å²) in [7, 11) is 3.93. The third-order valence-electron chi connectivity index (χ3n) is 3.01. The van der Waals surface area contributed by atoms with Crippen LogP contribution in [0.15, 0.2) is 28.8 Å². The summed E-state index contributed by atoms with van der Waals surface area (Å²) in [5.74, 6) is 0.403. The first-order valence-corrected chi connectivity index (χ1v) is 6.00. The predicted molar refractivity (Wildman–Crippen MR) is 74.7 cm³/mol. The maximum absolute atomic E-state index is 12.0. The number of carbonyl (C=O) groups is 1. The molecule has 100 valence electrons. The molecule has 1 aromatic carbocycles. The fourth-order valence-corrected chi connectivity index (χ4v) is 1.66. The molecule has 0 aliphatic rings. The molecule has 0 saturated heterocycles. The summed E-state index contributed by atoms with van der Waals surface area (Å²) in [6, 6.07) is 7.60. The van der Waals surface area contributed by atoms with E-state index in [0.29, 0.717) is 11.5 Å². The quantitative estimate of drug-likeness (QED) is 0.920. The van der Waals surface area contributed by atoms with E-state index in [1.165, 1.54) is 0 Å². The number of rotatable bonds is 3. The smallest absolute Gasteiger partial charge is 0.278 e. The van der Waals surface area contributed by atoms with Crippen molar-refractivity contribution in [3.63, 3.8) is 0 Å². The Balaban J connectivity index is 2.13. The maximum atomic E-state index is 12.0. The van der Waals surface area contributed by atoms with Crippen molar-refractivity contribution in [2.75, 3.05) is 24.3 Å². The summed E-state index contributed by atoms with van der Waals surface area (Å²) in [4.78, 5) is 14.0. The number of amides is 1. The van der Waals surface area contributed by atoms with Crippen molar-refractivity contribution in [3.05, 3.63) is 41.3 Å². The van der Waals surface area contributed by atoms with Crippen LogP contribution in [-0.2, 0) is 0 Å². The fraction of sp³-hybridized carbons (Fsp3) is 0.286. The van der Waals surface area contributed by atoms with Crippen LogP contribution in [0.25, 0.3) is 0 Å². The van der Waals surface area contributed by atoms with Crippen LogP contribution in [0.5, 0.6) is 0 Å². The second-order valence-corrected chi connectivity index (χ2v) is 4.61. The number of nitrogens with one attached hydrogen (secondary N) is 1. The van der Waals surface area contributed by atoms with Gasteiger partial charge >= 0.3 is 0 Å². The average molecular weight is 259 g/mol. The highest BCUT2D eigenvalue weighted by molar-refractivity contribution is 6.03. The van der Waals surface area contributed by atoms with Gasteiger partial charge in [-0.05, 0) is 38.1 Å². The molecule has 2 rings (SSSR count). The molecule has 0 aliphatic heterocycles. The van der Waals surface area contributed by atoms with Crippen molar-refractivity contribution >= 4 is 17.3 Å². The van der Waals surface area contributed by atoms with E-state index in [4.69, 9.17) is 4.52 Å². The molecule has 1 N–H and O–H groups in total. The molecule has 0 atom stereocenters. The summed E-state index contributed by atoms with van der Waals surface area (Å²) >= 11 is 0. The van der Waals surface area contributed by atoms with Crippen LogP contribution in [0.1, 0.15) is 21.8 Å². The molecule has 5 nitrogen and oxygen atoms in total. The topological polar surface area (TPSA) is 58.4 Å². The number of nitrogens with zero attached hydrogens (tertiary/aromatic N) is 2. The van der Waals surface area contributed by atoms with Gasteiger partial charge in [0.2, 0.25) is 0 Å². The van der Waals surface area contributed by atoms with Crippen molar-refractivity contribution in [2.24, 2.45) is 0 Å². The van der Waals surface area contributed by atoms with Gasteiger partial charge in [0.05, 0.1) is 0 Å². The van der Waals surface area contributed by atoms with E-state index in [1.807, 2.05) is 50.2 Å². The largest absolute Gasteiger partial charge is 0.378 e. The van der Waals surface area contributed by atoms with Crippen molar-refractivity contribution < 1.29 is 9.32 Å². The first kappa shape index (κ1) is 13.1. The highest BCUT2D eigenvalue weighted by Crippen LogP contribution is 2.17. The van der Waals surface area contributed by atoms with Crippen LogP contribution in [0.2, 0.25) is 0 Å². The SMILES string of the molecule is Cc1onc(C(=O)Nc2ccc(N(C)C)cc2)c1C. The Morgan fingerprint density at radius 3 is 2.32 bits per heavy atom. The molecule has 1 aromatic heterocycles. The van der Waals surface area contributed by atoms with E-state index in [9.17, 15) is 4.79 Å². The van der Waals surface area contributed by atoms with Crippen LogP contribution in [-0.4, -0.2) is 25.2 Å². The number of carbonyl (C=O) groups excluding carboxylic acids is 1. The third-order valence-corrected chi connectivity index (χ3v) is 3.01. The van der Waals surface area contributed by atoms with Gasteiger partial charge in [-0.15, -0.1) is 0 Å². The molecule has 0 saturated carbocycles. The van der Waals surface area contributed by atoms with Crippen LogP contribution < -0.4 is 10.2 Å². The monoisotopic (exact) mass is 259 g/mol. The van der Waals surface area contributed by atoms with E-state index in [0.717, 1.165) is 16.9 Å². The van der Waals surface area contributed by atoms with Crippen molar-refractivity contribution in [2.45, 2.75) is 13.8 Å². The minimum Gasteiger partial charge on any atom is -0.378 e. The lowest BCUT2D eigenvalue weighted by Gasteiger charge is -2.12. The minimum atomic E-state index is -0.257. The first-order chi connectivity index (χ1) is 8.99. The zero-order valence-corrected chi connectivity index (χ0v) is 11.5. The molecule has 5 heteroatoms. The van der Waals surface area contributed by atoms with E-state index >= 15 is 0 Å². The molecule has 0 spiro atoms. The number of aromatic nitrogens is 1. The number of anilines is 2. The highest BCUT2D eigenvalue weighted by Gasteiger charge is 2.16. The fourth-order valence-electron chi connectivity index (χ4n) is 1.66. The number of benzene rings is 1. The predicted octanol–water partition coefficient (Wildman–Crippen LogP) is 2.61. The van der Waals surface area contributed by atoms with Gasteiger partial charge in [0.15, 0.2) is 5.69 Å². The minimum absolute atomic E-state index is 0.257. The van der Waals surface area contributed by atoms with Gasteiger partial charge in [0.25, 0.3) is 5.91 Å². The van der Waals surface area contributed by atoms with Gasteiger partial charge in [0, 0.05) is 31.0 Å². The summed E-state index contributed by atoms with van der Waals surface area (Å²) in [5, 5.41) is 6.56. The first-order valence-electron chi connectivity index (χ1n) is 6.00. The van der Waals surface area contributed by atoms with Crippen molar-refractivity contribution in [1.29, 1.82) is 0 Å². The molecule has 1 heterocycles. The Morgan fingerprint density at radius 2 is 1.84 bits per heavy atom. The zero-order valence-electron chi connectivity index (χ0n) is 11.5. The Hall–Kier alpha value is -2.30. The van der Waals surface area contributed by atoms with E-state index in [1.54, 1.807) is 6.92 Å². The second-order valence-electron chi connectivity index (χ2n) is 4.61. The molecular weight excluding hydrogens is 242 g/mol. The number of aryl methyl sites for hydroxylation is 1. The maximum Gasteiger partial charge on any atom is 0.278 e. The van der Waals surface area contributed by atoms with Crippen LogP contribution >= 0.6 is 0 Å². The van der Waals surface area contributed by atoms with Gasteiger partial charge in [-0.25, -0.2) is 0 Å². The van der Waals surface area contributed by atoms with Crippen molar-refractivity contribution in [3.8, 4) is 0 Å². The standard InChI is InChI=1S/C14H17N3O2/c1-9-10(2)19-16-13(9)14(18)15-11-5-7-12(8-6-11)17(3)4/h5-8H,1-4H3,(H,15,18). The van der Waals surface area contributed by atoms with Gasteiger partial charge in [-0.3, -0.25) is 4.79 Å². The Morgan fingerprint density at radius 1 is 1.21 bits per heavy atom. The lowest BCUT2D eigenvalue weighted by molar-refractivity contribution is 0.101. The Labute approximate surface area is 112 Å². The molecule has 1 amide bonds. The molecular formula is C14H17N3O2. The van der Waals surface area contributed by atoms with E-state index in [2.05, 4.69) is 10.5 Å². The van der Waals surface area contributed by atoms with E-state index < -0.39 is 0 Å². The van der Waals surface area contributed by atoms with Gasteiger partial charge in [-0.1, -0.05) is 5.16 Å². The highest BCUT2D eigenvalue weighted by atomic mass is 16.5. The van der Waals surface area contributed by atoms with Crippen LogP contribution in [0.4, 0.5) is 11.4 Å². The normalized spacial score (nSPS) is 10.3. The molecule has 19 heavy (non-hydrogen) atoms. The molecule has 0 unspecified atom stereocenters. The molecule has 0 bridgehead atoms. The summed E-state index contributed by atoms with van der Waals surface area (Å²) in [6.45, 7) is 3.60. The Kier molecular flexibility index (Phi) is 3.55. The van der Waals surface area contributed by atoms with Gasteiger partial charge < -0.3 is 14.7 Å². The zero-order chi connectivity index (χ0) is 14.0. The number of hydrogen-bond donors (Lipinski definition) is 1. The van der Waals surface area contributed by atoms with E-state index in [-0.39, 0.29) is 5.91 Å². The Bertz CT molecular complexity index is 585. The van der Waals surface area contributed by atoms with Crippen LogP contribution in [0, 0.1) is 13.8 Å². The molecule has 2 aromatic rings.